The molecule has 1 aromatic carbocycles. The van der Waals surface area contributed by atoms with Crippen LogP contribution in [0.3, 0.4) is 0 Å². The van der Waals surface area contributed by atoms with Crippen LogP contribution in [0, 0.1) is 0 Å². The molecule has 0 bridgehead atoms. The van der Waals surface area contributed by atoms with Crippen LogP contribution in [0.15, 0.2) is 57.2 Å². The zero-order valence-corrected chi connectivity index (χ0v) is 17.9. The van der Waals surface area contributed by atoms with E-state index >= 15 is 0 Å². The summed E-state index contributed by atoms with van der Waals surface area (Å²) in [4.78, 5) is 27.7. The van der Waals surface area contributed by atoms with E-state index in [2.05, 4.69) is 15.6 Å². The number of furan rings is 1. The second-order valence-corrected chi connectivity index (χ2v) is 9.24. The number of anilines is 1. The lowest BCUT2D eigenvalue weighted by molar-refractivity contribution is -0.119. The number of carbonyl (C=O) groups excluding carboxylic acids is 2. The van der Waals surface area contributed by atoms with Crippen molar-refractivity contribution in [1.29, 1.82) is 0 Å². The standard InChI is InChI=1S/C19H20N4O5S2/c1-13(24)20-10-14-8-9-17(28-14)16-12-29-19(21-16)22-18(25)11-23(2)30(26,27)15-6-4-3-5-7-15/h3-9,12H,10-11H2,1-2H3,(H,20,24)(H,21,22,25). The molecule has 0 spiro atoms. The number of sulfonamides is 1. The first kappa shape index (κ1) is 21.7. The van der Waals surface area contributed by atoms with E-state index in [0.29, 0.717) is 22.3 Å². The number of aromatic nitrogens is 1. The van der Waals surface area contributed by atoms with Gasteiger partial charge in [0, 0.05) is 19.4 Å². The first-order valence-corrected chi connectivity index (χ1v) is 11.2. The second-order valence-electron chi connectivity index (χ2n) is 6.34. The van der Waals surface area contributed by atoms with Gasteiger partial charge in [-0.3, -0.25) is 9.59 Å². The summed E-state index contributed by atoms with van der Waals surface area (Å²) in [6.07, 6.45) is 0. The number of rotatable bonds is 8. The van der Waals surface area contributed by atoms with E-state index in [1.54, 1.807) is 35.7 Å². The SMILES string of the molecule is CC(=O)NCc1ccc(-c2csc(NC(=O)CN(C)S(=O)(=O)c3ccccc3)n2)o1. The van der Waals surface area contributed by atoms with Gasteiger partial charge in [0.05, 0.1) is 18.0 Å². The number of thiazole rings is 1. The van der Waals surface area contributed by atoms with Crippen LogP contribution in [0.4, 0.5) is 5.13 Å². The maximum Gasteiger partial charge on any atom is 0.243 e. The molecule has 2 N–H and O–H groups in total. The van der Waals surface area contributed by atoms with E-state index in [1.807, 2.05) is 0 Å². The smallest absolute Gasteiger partial charge is 0.243 e. The Morgan fingerprint density at radius 2 is 1.90 bits per heavy atom. The summed E-state index contributed by atoms with van der Waals surface area (Å²) in [7, 11) is -2.42. The third kappa shape index (κ3) is 5.32. The zero-order chi connectivity index (χ0) is 21.7. The van der Waals surface area contributed by atoms with Gasteiger partial charge in [0.25, 0.3) is 0 Å². The molecule has 2 aromatic heterocycles. The number of benzene rings is 1. The second kappa shape index (κ2) is 9.20. The van der Waals surface area contributed by atoms with Crippen molar-refractivity contribution in [3.05, 3.63) is 53.6 Å². The Labute approximate surface area is 177 Å². The molecule has 0 aliphatic heterocycles. The fraction of sp³-hybridized carbons (Fsp3) is 0.211. The molecule has 9 nitrogen and oxygen atoms in total. The van der Waals surface area contributed by atoms with E-state index in [9.17, 15) is 18.0 Å². The van der Waals surface area contributed by atoms with E-state index in [0.717, 1.165) is 4.31 Å². The lowest BCUT2D eigenvalue weighted by Crippen LogP contribution is -2.34. The molecule has 2 heterocycles. The summed E-state index contributed by atoms with van der Waals surface area (Å²) >= 11 is 1.19. The Kier molecular flexibility index (Phi) is 6.65. The van der Waals surface area contributed by atoms with Crippen LogP contribution in [-0.4, -0.2) is 43.1 Å². The third-order valence-corrected chi connectivity index (χ3v) is 6.57. The highest BCUT2D eigenvalue weighted by Crippen LogP contribution is 2.26. The molecular formula is C19H20N4O5S2. The van der Waals surface area contributed by atoms with Gasteiger partial charge in [0.1, 0.15) is 11.5 Å². The maximum absolute atomic E-state index is 12.5. The lowest BCUT2D eigenvalue weighted by atomic mass is 10.3. The van der Waals surface area contributed by atoms with Crippen molar-refractivity contribution in [3.8, 4) is 11.5 Å². The Hall–Kier alpha value is -3.02. The first-order chi connectivity index (χ1) is 14.3. The third-order valence-electron chi connectivity index (χ3n) is 3.99. The molecule has 0 aliphatic carbocycles. The summed E-state index contributed by atoms with van der Waals surface area (Å²) in [6, 6.07) is 11.3. The molecule has 0 fully saturated rings. The molecule has 3 aromatic rings. The minimum atomic E-state index is -3.76. The van der Waals surface area contributed by atoms with Crippen molar-refractivity contribution < 1.29 is 22.4 Å². The van der Waals surface area contributed by atoms with Crippen LogP contribution in [0.25, 0.3) is 11.5 Å². The van der Waals surface area contributed by atoms with Gasteiger partial charge in [0.15, 0.2) is 10.9 Å². The summed E-state index contributed by atoms with van der Waals surface area (Å²) in [5, 5.41) is 7.27. The molecule has 11 heteroatoms. The Morgan fingerprint density at radius 3 is 2.60 bits per heavy atom. The van der Waals surface area contributed by atoms with Crippen LogP contribution < -0.4 is 10.6 Å². The average Bonchev–Trinajstić information content (AvgIpc) is 3.36. The molecule has 0 saturated heterocycles. The van der Waals surface area contributed by atoms with Gasteiger partial charge in [-0.25, -0.2) is 13.4 Å². The number of likely N-dealkylation sites (N-methyl/N-ethyl adjacent to an activating group) is 1. The van der Waals surface area contributed by atoms with Gasteiger partial charge in [0.2, 0.25) is 21.8 Å². The van der Waals surface area contributed by atoms with Crippen molar-refractivity contribution in [2.75, 3.05) is 18.9 Å². The average molecular weight is 449 g/mol. The molecule has 0 atom stereocenters. The summed E-state index contributed by atoms with van der Waals surface area (Å²) in [5.74, 6) is 0.400. The number of nitrogens with one attached hydrogen (secondary N) is 2. The van der Waals surface area contributed by atoms with Crippen LogP contribution in [0.2, 0.25) is 0 Å². The normalized spacial score (nSPS) is 11.4. The maximum atomic E-state index is 12.5. The van der Waals surface area contributed by atoms with Crippen molar-refractivity contribution in [2.24, 2.45) is 0 Å². The number of amides is 2. The summed E-state index contributed by atoms with van der Waals surface area (Å²) < 4.78 is 31.6. The minimum Gasteiger partial charge on any atom is -0.458 e. The molecule has 30 heavy (non-hydrogen) atoms. The monoisotopic (exact) mass is 448 g/mol. The van der Waals surface area contributed by atoms with Gasteiger partial charge in [-0.05, 0) is 24.3 Å². The van der Waals surface area contributed by atoms with E-state index in [4.69, 9.17) is 4.42 Å². The Morgan fingerprint density at radius 1 is 1.17 bits per heavy atom. The largest absolute Gasteiger partial charge is 0.458 e. The van der Waals surface area contributed by atoms with Gasteiger partial charge in [-0.2, -0.15) is 4.31 Å². The fourth-order valence-corrected chi connectivity index (χ4v) is 4.35. The van der Waals surface area contributed by atoms with Gasteiger partial charge in [-0.1, -0.05) is 18.2 Å². The van der Waals surface area contributed by atoms with E-state index in [1.165, 1.54) is 37.4 Å². The molecule has 2 amide bonds. The van der Waals surface area contributed by atoms with Crippen molar-refractivity contribution in [3.63, 3.8) is 0 Å². The van der Waals surface area contributed by atoms with Crippen LogP contribution >= 0.6 is 11.3 Å². The number of nitrogens with zero attached hydrogens (tertiary/aromatic N) is 2. The van der Waals surface area contributed by atoms with Crippen molar-refractivity contribution in [2.45, 2.75) is 18.4 Å². The van der Waals surface area contributed by atoms with Crippen molar-refractivity contribution >= 4 is 38.3 Å². The Bertz CT molecular complexity index is 1140. The first-order valence-electron chi connectivity index (χ1n) is 8.86. The van der Waals surface area contributed by atoms with Crippen LogP contribution in [0.1, 0.15) is 12.7 Å². The van der Waals surface area contributed by atoms with Gasteiger partial charge >= 0.3 is 0 Å². The fourth-order valence-electron chi connectivity index (χ4n) is 2.48. The Balaban J connectivity index is 1.60. The number of carbonyl (C=O) groups is 2. The van der Waals surface area contributed by atoms with Crippen molar-refractivity contribution in [1.82, 2.24) is 14.6 Å². The quantitative estimate of drug-likeness (QED) is 0.545. The predicted octanol–water partition coefficient (Wildman–Crippen LogP) is 2.30. The number of hydrogen-bond acceptors (Lipinski definition) is 7. The predicted molar refractivity (Wildman–Crippen MR) is 112 cm³/mol. The number of hydrogen-bond donors (Lipinski definition) is 2. The summed E-state index contributed by atoms with van der Waals surface area (Å²) in [5.41, 5.74) is 0.523. The van der Waals surface area contributed by atoms with Gasteiger partial charge < -0.3 is 15.1 Å². The zero-order valence-electron chi connectivity index (χ0n) is 16.3. The van der Waals surface area contributed by atoms with E-state index < -0.39 is 15.9 Å². The van der Waals surface area contributed by atoms with Gasteiger partial charge in [-0.15, -0.1) is 11.3 Å². The van der Waals surface area contributed by atoms with Crippen LogP contribution in [-0.2, 0) is 26.2 Å². The molecule has 0 unspecified atom stereocenters. The van der Waals surface area contributed by atoms with Crippen LogP contribution in [0.5, 0.6) is 0 Å². The topological polar surface area (TPSA) is 122 Å². The highest BCUT2D eigenvalue weighted by Gasteiger charge is 2.23. The molecule has 0 aliphatic rings. The molecule has 0 radical (unpaired) electrons. The minimum absolute atomic E-state index is 0.115. The highest BCUT2D eigenvalue weighted by molar-refractivity contribution is 7.89. The molecule has 3 rings (SSSR count). The molecular weight excluding hydrogens is 428 g/mol. The van der Waals surface area contributed by atoms with E-state index in [-0.39, 0.29) is 23.9 Å². The molecule has 158 valence electrons. The molecule has 0 saturated carbocycles. The lowest BCUT2D eigenvalue weighted by Gasteiger charge is -2.16. The highest BCUT2D eigenvalue weighted by atomic mass is 32.2. The summed E-state index contributed by atoms with van der Waals surface area (Å²) in [6.45, 7) is 1.33.